The number of hydrogen-bond acceptors (Lipinski definition) is 2. The van der Waals surface area contributed by atoms with E-state index >= 15 is 0 Å². The van der Waals surface area contributed by atoms with Crippen LogP contribution in [0.3, 0.4) is 0 Å². The van der Waals surface area contributed by atoms with Crippen molar-refractivity contribution in [3.05, 3.63) is 30.2 Å². The number of rotatable bonds is 0. The first-order valence-electron chi connectivity index (χ1n) is 3.74. The highest BCUT2D eigenvalue weighted by Crippen LogP contribution is 2.10. The van der Waals surface area contributed by atoms with Crippen molar-refractivity contribution in [3.8, 4) is 0 Å². The summed E-state index contributed by atoms with van der Waals surface area (Å²) in [7, 11) is 5.59. The zero-order chi connectivity index (χ0) is 8.55. The Morgan fingerprint density at radius 1 is 1.33 bits per heavy atom. The van der Waals surface area contributed by atoms with Gasteiger partial charge >= 0.3 is 0 Å². The summed E-state index contributed by atoms with van der Waals surface area (Å²) >= 11 is 0. The number of fused-ring (bicyclic) bond motifs is 1. The predicted molar refractivity (Wildman–Crippen MR) is 49.7 cm³/mol. The van der Waals surface area contributed by atoms with Gasteiger partial charge in [-0.05, 0) is 13.0 Å². The number of pyridine rings is 2. The van der Waals surface area contributed by atoms with Crippen LogP contribution in [0.4, 0.5) is 0 Å². The Balaban J connectivity index is 2.86. The van der Waals surface area contributed by atoms with Crippen LogP contribution in [-0.4, -0.2) is 17.8 Å². The van der Waals surface area contributed by atoms with E-state index in [4.69, 9.17) is 7.85 Å². The van der Waals surface area contributed by atoms with Crippen LogP contribution in [0.25, 0.3) is 10.9 Å². The fraction of sp³-hybridized carbons (Fsp3) is 0.111. The van der Waals surface area contributed by atoms with Crippen molar-refractivity contribution in [2.75, 3.05) is 0 Å². The third kappa shape index (κ3) is 1.07. The van der Waals surface area contributed by atoms with E-state index in [2.05, 4.69) is 9.97 Å². The van der Waals surface area contributed by atoms with Crippen molar-refractivity contribution in [2.24, 2.45) is 0 Å². The molecule has 0 saturated heterocycles. The van der Waals surface area contributed by atoms with Crippen LogP contribution >= 0.6 is 0 Å². The molecule has 56 valence electrons. The van der Waals surface area contributed by atoms with Crippen LogP contribution in [0.15, 0.2) is 24.5 Å². The number of nitrogens with zero attached hydrogens (tertiary/aromatic N) is 2. The molecule has 0 aromatic carbocycles. The van der Waals surface area contributed by atoms with Crippen LogP contribution in [-0.2, 0) is 0 Å². The van der Waals surface area contributed by atoms with Crippen molar-refractivity contribution in [2.45, 2.75) is 6.92 Å². The van der Waals surface area contributed by atoms with Crippen LogP contribution in [0.5, 0.6) is 0 Å². The van der Waals surface area contributed by atoms with Gasteiger partial charge in [0.05, 0.1) is 11.2 Å². The van der Waals surface area contributed by atoms with Crippen molar-refractivity contribution in [3.63, 3.8) is 0 Å². The highest BCUT2D eigenvalue weighted by molar-refractivity contribution is 6.32. The van der Waals surface area contributed by atoms with E-state index < -0.39 is 0 Å². The van der Waals surface area contributed by atoms with Gasteiger partial charge in [-0.2, -0.15) is 0 Å². The van der Waals surface area contributed by atoms with Gasteiger partial charge in [0.15, 0.2) is 0 Å². The molecule has 0 atom stereocenters. The summed E-state index contributed by atoms with van der Waals surface area (Å²) < 4.78 is 0. The Hall–Kier alpha value is -1.38. The minimum absolute atomic E-state index is 0.688. The second-order valence-electron chi connectivity index (χ2n) is 2.74. The van der Waals surface area contributed by atoms with Gasteiger partial charge in [0.1, 0.15) is 7.85 Å². The summed E-state index contributed by atoms with van der Waals surface area (Å²) in [5.74, 6) is 0. The second kappa shape index (κ2) is 2.59. The molecule has 0 saturated carbocycles. The molecule has 2 rings (SSSR count). The second-order valence-corrected chi connectivity index (χ2v) is 2.74. The van der Waals surface area contributed by atoms with E-state index in [9.17, 15) is 0 Å². The van der Waals surface area contributed by atoms with Crippen molar-refractivity contribution >= 4 is 24.2 Å². The Morgan fingerprint density at radius 2 is 2.17 bits per heavy atom. The largest absolute Gasteiger partial charge is 0.259 e. The normalized spacial score (nSPS) is 10.4. The first kappa shape index (κ1) is 7.28. The van der Waals surface area contributed by atoms with Gasteiger partial charge in [0, 0.05) is 17.8 Å². The molecular weight excluding hydrogens is 147 g/mol. The average Bonchev–Trinajstić information content (AvgIpc) is 2.04. The zero-order valence-corrected chi connectivity index (χ0v) is 6.78. The SMILES string of the molecule is [B]c1cnc2c(C)nccc2c1. The number of aryl methyl sites for hydroxylation is 1. The molecule has 0 bridgehead atoms. The lowest BCUT2D eigenvalue weighted by Crippen LogP contribution is -2.03. The summed E-state index contributed by atoms with van der Waals surface area (Å²) in [6, 6.07) is 3.81. The maximum absolute atomic E-state index is 5.59. The van der Waals surface area contributed by atoms with E-state index in [0.29, 0.717) is 5.46 Å². The molecule has 0 N–H and O–H groups in total. The Labute approximate surface area is 72.1 Å². The van der Waals surface area contributed by atoms with Gasteiger partial charge in [-0.15, -0.1) is 0 Å². The zero-order valence-electron chi connectivity index (χ0n) is 6.78. The van der Waals surface area contributed by atoms with Gasteiger partial charge in [-0.1, -0.05) is 11.5 Å². The average molecular weight is 154 g/mol. The van der Waals surface area contributed by atoms with Crippen molar-refractivity contribution in [1.29, 1.82) is 0 Å². The molecule has 0 aliphatic carbocycles. The maximum Gasteiger partial charge on any atom is 0.115 e. The monoisotopic (exact) mass is 154 g/mol. The van der Waals surface area contributed by atoms with Crippen molar-refractivity contribution in [1.82, 2.24) is 9.97 Å². The van der Waals surface area contributed by atoms with E-state index in [1.807, 2.05) is 19.1 Å². The van der Waals surface area contributed by atoms with Gasteiger partial charge in [0.25, 0.3) is 0 Å². The maximum atomic E-state index is 5.59. The molecule has 0 amide bonds. The van der Waals surface area contributed by atoms with E-state index in [1.165, 1.54) is 0 Å². The van der Waals surface area contributed by atoms with Gasteiger partial charge < -0.3 is 0 Å². The lowest BCUT2D eigenvalue weighted by molar-refractivity contribution is 1.21. The van der Waals surface area contributed by atoms with Crippen molar-refractivity contribution < 1.29 is 0 Å². The summed E-state index contributed by atoms with van der Waals surface area (Å²) in [5, 5.41) is 1.04. The minimum atomic E-state index is 0.688. The molecule has 2 aromatic rings. The van der Waals surface area contributed by atoms with Crippen LogP contribution in [0, 0.1) is 6.92 Å². The summed E-state index contributed by atoms with van der Waals surface area (Å²) in [5.41, 5.74) is 2.55. The van der Waals surface area contributed by atoms with Gasteiger partial charge in [-0.25, -0.2) is 0 Å². The van der Waals surface area contributed by atoms with Crippen LogP contribution < -0.4 is 5.46 Å². The Kier molecular flexibility index (Phi) is 1.57. The molecule has 2 radical (unpaired) electrons. The summed E-state index contributed by atoms with van der Waals surface area (Å²) in [6.45, 7) is 1.94. The fourth-order valence-electron chi connectivity index (χ4n) is 1.22. The fourth-order valence-corrected chi connectivity index (χ4v) is 1.22. The Bertz CT molecular complexity index is 426. The molecule has 0 unspecified atom stereocenters. The standard InChI is InChI=1S/C9H7BN2/c1-6-9-7(2-3-11-6)4-8(10)5-12-9/h2-5H,1H3. The Morgan fingerprint density at radius 3 is 3.00 bits per heavy atom. The lowest BCUT2D eigenvalue weighted by atomic mass is 9.97. The molecule has 12 heavy (non-hydrogen) atoms. The summed E-state index contributed by atoms with van der Waals surface area (Å²) in [6.07, 6.45) is 3.41. The van der Waals surface area contributed by atoms with Crippen LogP contribution in [0.1, 0.15) is 5.69 Å². The third-order valence-electron chi connectivity index (χ3n) is 1.80. The van der Waals surface area contributed by atoms with Crippen LogP contribution in [0.2, 0.25) is 0 Å². The first-order chi connectivity index (χ1) is 5.77. The highest BCUT2D eigenvalue weighted by atomic mass is 14.7. The quantitative estimate of drug-likeness (QED) is 0.522. The first-order valence-corrected chi connectivity index (χ1v) is 3.74. The lowest BCUT2D eigenvalue weighted by Gasteiger charge is -2.00. The molecule has 0 fully saturated rings. The van der Waals surface area contributed by atoms with E-state index in [-0.39, 0.29) is 0 Å². The summed E-state index contributed by atoms with van der Waals surface area (Å²) in [4.78, 5) is 8.33. The molecule has 0 aliphatic rings. The molecule has 2 nitrogen and oxygen atoms in total. The molecule has 2 aromatic heterocycles. The van der Waals surface area contributed by atoms with E-state index in [1.54, 1.807) is 12.4 Å². The molecule has 3 heteroatoms. The number of hydrogen-bond donors (Lipinski definition) is 0. The van der Waals surface area contributed by atoms with E-state index in [0.717, 1.165) is 16.6 Å². The molecule has 0 aliphatic heterocycles. The highest BCUT2D eigenvalue weighted by Gasteiger charge is 1.97. The number of aromatic nitrogens is 2. The van der Waals surface area contributed by atoms with Gasteiger partial charge in [-0.3, -0.25) is 9.97 Å². The minimum Gasteiger partial charge on any atom is -0.259 e. The van der Waals surface area contributed by atoms with Gasteiger partial charge in [0.2, 0.25) is 0 Å². The topological polar surface area (TPSA) is 25.8 Å². The molecule has 0 spiro atoms. The molecular formula is C9H7BN2. The third-order valence-corrected chi connectivity index (χ3v) is 1.80. The smallest absolute Gasteiger partial charge is 0.115 e. The molecule has 2 heterocycles. The predicted octanol–water partition coefficient (Wildman–Crippen LogP) is 0.732.